The maximum Gasteiger partial charge on any atom is 0.240 e. The second-order valence-corrected chi connectivity index (χ2v) is 6.19. The molecule has 0 aromatic heterocycles. The lowest BCUT2D eigenvalue weighted by Gasteiger charge is -2.14. The van der Waals surface area contributed by atoms with Crippen molar-refractivity contribution in [3.63, 3.8) is 0 Å². The quantitative estimate of drug-likeness (QED) is 0.796. The zero-order valence-corrected chi connectivity index (χ0v) is 12.3. The van der Waals surface area contributed by atoms with Gasteiger partial charge in [0.25, 0.3) is 0 Å². The summed E-state index contributed by atoms with van der Waals surface area (Å²) in [6.07, 6.45) is -0.108. The van der Waals surface area contributed by atoms with Crippen molar-refractivity contribution in [3.8, 4) is 0 Å². The fraction of sp³-hybridized carbons (Fsp3) is 0.538. The fourth-order valence-corrected chi connectivity index (χ4v) is 3.02. The molecule has 1 aromatic carbocycles. The molecule has 0 amide bonds. The Balaban J connectivity index is 2.95. The maximum atomic E-state index is 12.1. The van der Waals surface area contributed by atoms with Gasteiger partial charge < -0.3 is 9.84 Å². The van der Waals surface area contributed by atoms with Crippen LogP contribution in [-0.4, -0.2) is 33.3 Å². The summed E-state index contributed by atoms with van der Waals surface area (Å²) in [5.41, 5.74) is 0.602. The van der Waals surface area contributed by atoms with E-state index in [4.69, 9.17) is 4.74 Å². The van der Waals surface area contributed by atoms with Crippen LogP contribution in [0.5, 0.6) is 0 Å². The van der Waals surface area contributed by atoms with E-state index in [1.165, 1.54) is 19.2 Å². The Hall–Kier alpha value is -0.950. The summed E-state index contributed by atoms with van der Waals surface area (Å²) >= 11 is 0. The minimum atomic E-state index is -3.59. The van der Waals surface area contributed by atoms with Gasteiger partial charge in [-0.15, -0.1) is 0 Å². The van der Waals surface area contributed by atoms with Gasteiger partial charge in [-0.2, -0.15) is 0 Å². The van der Waals surface area contributed by atoms with E-state index < -0.39 is 16.1 Å². The normalized spacial score (nSPS) is 15.2. The molecular weight excluding hydrogens is 266 g/mol. The van der Waals surface area contributed by atoms with Crippen molar-refractivity contribution >= 4 is 10.0 Å². The SMILES string of the molecule is CCC(O)c1cccc(S(=O)(=O)NC(C)COC)c1. The number of aliphatic hydroxyl groups excluding tert-OH is 1. The van der Waals surface area contributed by atoms with E-state index in [-0.39, 0.29) is 10.9 Å². The van der Waals surface area contributed by atoms with Crippen molar-refractivity contribution in [2.75, 3.05) is 13.7 Å². The van der Waals surface area contributed by atoms with Gasteiger partial charge in [0.1, 0.15) is 0 Å². The fourth-order valence-electron chi connectivity index (χ4n) is 1.74. The molecule has 108 valence electrons. The Labute approximate surface area is 114 Å². The van der Waals surface area contributed by atoms with Crippen LogP contribution in [0.15, 0.2) is 29.2 Å². The Morgan fingerprint density at radius 2 is 2.11 bits per heavy atom. The molecule has 0 bridgehead atoms. The standard InChI is InChI=1S/C13H21NO4S/c1-4-13(15)11-6-5-7-12(8-11)19(16,17)14-10(2)9-18-3/h5-8,10,13-15H,4,9H2,1-3H3. The van der Waals surface area contributed by atoms with Crippen molar-refractivity contribution in [2.24, 2.45) is 0 Å². The largest absolute Gasteiger partial charge is 0.388 e. The lowest BCUT2D eigenvalue weighted by Crippen LogP contribution is -2.35. The Morgan fingerprint density at radius 1 is 1.42 bits per heavy atom. The summed E-state index contributed by atoms with van der Waals surface area (Å²) in [5.74, 6) is 0. The molecule has 0 heterocycles. The van der Waals surface area contributed by atoms with E-state index in [2.05, 4.69) is 4.72 Å². The number of sulfonamides is 1. The first-order chi connectivity index (χ1) is 8.90. The van der Waals surface area contributed by atoms with Crippen molar-refractivity contribution in [2.45, 2.75) is 37.3 Å². The monoisotopic (exact) mass is 287 g/mol. The first-order valence-corrected chi connectivity index (χ1v) is 7.68. The van der Waals surface area contributed by atoms with Crippen LogP contribution in [0.1, 0.15) is 31.9 Å². The number of hydrogen-bond donors (Lipinski definition) is 2. The number of rotatable bonds is 7. The van der Waals surface area contributed by atoms with E-state index in [0.717, 1.165) is 0 Å². The maximum absolute atomic E-state index is 12.1. The Bertz CT molecular complexity index is 501. The summed E-state index contributed by atoms with van der Waals surface area (Å²) in [7, 11) is -2.07. The van der Waals surface area contributed by atoms with Crippen LogP contribution >= 0.6 is 0 Å². The van der Waals surface area contributed by atoms with Crippen LogP contribution in [-0.2, 0) is 14.8 Å². The third-order valence-corrected chi connectivity index (χ3v) is 4.30. The zero-order valence-electron chi connectivity index (χ0n) is 11.5. The first kappa shape index (κ1) is 16.1. The Kier molecular flexibility index (Phi) is 5.93. The van der Waals surface area contributed by atoms with Gasteiger partial charge in [0, 0.05) is 13.2 Å². The number of methoxy groups -OCH3 is 1. The van der Waals surface area contributed by atoms with Crippen LogP contribution < -0.4 is 4.72 Å². The second kappa shape index (κ2) is 7.00. The van der Waals surface area contributed by atoms with E-state index in [1.54, 1.807) is 19.1 Å². The first-order valence-electron chi connectivity index (χ1n) is 6.20. The molecule has 2 N–H and O–H groups in total. The molecule has 0 spiro atoms. The lowest BCUT2D eigenvalue weighted by molar-refractivity contribution is 0.173. The molecule has 2 unspecified atom stereocenters. The molecule has 0 saturated carbocycles. The van der Waals surface area contributed by atoms with E-state index in [9.17, 15) is 13.5 Å². The number of hydrogen-bond acceptors (Lipinski definition) is 4. The summed E-state index contributed by atoms with van der Waals surface area (Å²) in [6.45, 7) is 3.87. The highest BCUT2D eigenvalue weighted by Crippen LogP contribution is 2.19. The van der Waals surface area contributed by atoms with Crippen molar-refractivity contribution in [3.05, 3.63) is 29.8 Å². The van der Waals surface area contributed by atoms with Gasteiger partial charge in [-0.3, -0.25) is 0 Å². The van der Waals surface area contributed by atoms with Crippen LogP contribution in [0.2, 0.25) is 0 Å². The van der Waals surface area contributed by atoms with Gasteiger partial charge in [0.2, 0.25) is 10.0 Å². The van der Waals surface area contributed by atoms with Crippen LogP contribution in [0.3, 0.4) is 0 Å². The van der Waals surface area contributed by atoms with Gasteiger partial charge in [-0.05, 0) is 31.0 Å². The third kappa shape index (κ3) is 4.58. The summed E-state index contributed by atoms with van der Waals surface area (Å²) in [6, 6.07) is 6.04. The molecule has 0 saturated heterocycles. The molecule has 6 heteroatoms. The number of aliphatic hydroxyl groups is 1. The minimum absolute atomic E-state index is 0.153. The molecule has 0 aliphatic heterocycles. The molecule has 0 aliphatic rings. The third-order valence-electron chi connectivity index (χ3n) is 2.71. The number of nitrogens with one attached hydrogen (secondary N) is 1. The summed E-state index contributed by atoms with van der Waals surface area (Å²) in [4.78, 5) is 0.153. The molecule has 5 nitrogen and oxygen atoms in total. The molecular formula is C13H21NO4S. The molecule has 1 aromatic rings. The van der Waals surface area contributed by atoms with E-state index >= 15 is 0 Å². The molecule has 1 rings (SSSR count). The van der Waals surface area contributed by atoms with Crippen LogP contribution in [0.4, 0.5) is 0 Å². The van der Waals surface area contributed by atoms with E-state index in [0.29, 0.717) is 18.6 Å². The second-order valence-electron chi connectivity index (χ2n) is 4.47. The highest BCUT2D eigenvalue weighted by atomic mass is 32.2. The highest BCUT2D eigenvalue weighted by molar-refractivity contribution is 7.89. The van der Waals surface area contributed by atoms with Gasteiger partial charge in [0.05, 0.1) is 17.6 Å². The van der Waals surface area contributed by atoms with Gasteiger partial charge >= 0.3 is 0 Å². The topological polar surface area (TPSA) is 75.6 Å². The lowest BCUT2D eigenvalue weighted by atomic mass is 10.1. The average Bonchev–Trinajstić information content (AvgIpc) is 2.37. The van der Waals surface area contributed by atoms with Gasteiger partial charge in [-0.25, -0.2) is 13.1 Å². The summed E-state index contributed by atoms with van der Waals surface area (Å²) in [5, 5.41) is 9.75. The highest BCUT2D eigenvalue weighted by Gasteiger charge is 2.18. The van der Waals surface area contributed by atoms with Crippen molar-refractivity contribution in [1.29, 1.82) is 0 Å². The van der Waals surface area contributed by atoms with Crippen molar-refractivity contribution in [1.82, 2.24) is 4.72 Å². The zero-order chi connectivity index (χ0) is 14.5. The average molecular weight is 287 g/mol. The Morgan fingerprint density at radius 3 is 2.68 bits per heavy atom. The van der Waals surface area contributed by atoms with Gasteiger partial charge in [0.15, 0.2) is 0 Å². The minimum Gasteiger partial charge on any atom is -0.388 e. The van der Waals surface area contributed by atoms with Gasteiger partial charge in [-0.1, -0.05) is 19.1 Å². The molecule has 0 radical (unpaired) electrons. The molecule has 19 heavy (non-hydrogen) atoms. The number of benzene rings is 1. The summed E-state index contributed by atoms with van der Waals surface area (Å²) < 4.78 is 31.7. The van der Waals surface area contributed by atoms with Crippen LogP contribution in [0, 0.1) is 0 Å². The van der Waals surface area contributed by atoms with E-state index in [1.807, 2.05) is 6.92 Å². The predicted octanol–water partition coefficient (Wildman–Crippen LogP) is 1.44. The smallest absolute Gasteiger partial charge is 0.240 e. The van der Waals surface area contributed by atoms with Crippen LogP contribution in [0.25, 0.3) is 0 Å². The number of ether oxygens (including phenoxy) is 1. The molecule has 2 atom stereocenters. The predicted molar refractivity (Wildman–Crippen MR) is 73.4 cm³/mol. The molecule has 0 aliphatic carbocycles. The molecule has 0 fully saturated rings. The van der Waals surface area contributed by atoms with Crippen molar-refractivity contribution < 1.29 is 18.3 Å².